The summed E-state index contributed by atoms with van der Waals surface area (Å²) in [4.78, 5) is 19.0. The van der Waals surface area contributed by atoms with Gasteiger partial charge in [0.1, 0.15) is 41.9 Å². The molecule has 2 fully saturated rings. The van der Waals surface area contributed by atoms with E-state index in [1.54, 1.807) is 20.6 Å². The Labute approximate surface area is 257 Å². The molecule has 7 atom stereocenters. The highest BCUT2D eigenvalue weighted by Gasteiger charge is 2.48. The Balaban J connectivity index is 1.30. The second-order valence-corrected chi connectivity index (χ2v) is 11.0. The van der Waals surface area contributed by atoms with Crippen LogP contribution in [0.1, 0.15) is 30.0 Å². The average Bonchev–Trinajstić information content (AvgIpc) is 3.65. The van der Waals surface area contributed by atoms with Gasteiger partial charge in [-0.2, -0.15) is 0 Å². The van der Waals surface area contributed by atoms with Crippen molar-refractivity contribution in [2.45, 2.75) is 55.9 Å². The van der Waals surface area contributed by atoms with E-state index in [2.05, 4.69) is 20.9 Å². The Morgan fingerprint density at radius 3 is 2.45 bits per heavy atom. The molecule has 4 N–H and O–H groups in total. The molecule has 44 heavy (non-hydrogen) atoms. The number of aliphatic imine (C=N–C) groups is 1. The number of carbonyl (C=O) groups is 1. The van der Waals surface area contributed by atoms with Crippen LogP contribution in [0, 0.1) is 0 Å². The molecule has 3 aromatic carbocycles. The van der Waals surface area contributed by atoms with E-state index in [4.69, 9.17) is 18.9 Å². The molecule has 3 aliphatic rings. The van der Waals surface area contributed by atoms with Crippen LogP contribution in [0.4, 0.5) is 0 Å². The van der Waals surface area contributed by atoms with Crippen LogP contribution < -0.4 is 25.4 Å². The largest absolute Gasteiger partial charge is 0.497 e. The summed E-state index contributed by atoms with van der Waals surface area (Å²) in [6.45, 7) is 2.73. The molecule has 6 rings (SSSR count). The lowest BCUT2D eigenvalue weighted by Crippen LogP contribution is -2.70. The highest BCUT2D eigenvalue weighted by atomic mass is 16.6. The predicted octanol–water partition coefficient (Wildman–Crippen LogP) is 2.14. The average molecular weight is 602 g/mol. The van der Waals surface area contributed by atoms with Crippen molar-refractivity contribution < 1.29 is 28.8 Å². The van der Waals surface area contributed by atoms with Gasteiger partial charge >= 0.3 is 0 Å². The fourth-order valence-corrected chi connectivity index (χ4v) is 6.21. The molecule has 0 spiro atoms. The molecule has 2 saturated heterocycles. The maximum Gasteiger partial charge on any atom is 0.250 e. The lowest BCUT2D eigenvalue weighted by molar-refractivity contribution is -0.131. The molecule has 3 heterocycles. The van der Waals surface area contributed by atoms with E-state index < -0.39 is 36.2 Å². The number of aliphatic hydroxyl groups is 1. The molecule has 0 saturated carbocycles. The second-order valence-electron chi connectivity index (χ2n) is 11.0. The monoisotopic (exact) mass is 601 g/mol. The summed E-state index contributed by atoms with van der Waals surface area (Å²) in [7, 11) is 3.27. The third kappa shape index (κ3) is 5.64. The smallest absolute Gasteiger partial charge is 0.250 e. The molecular formula is C33H39N5O6. The minimum absolute atomic E-state index is 0.0861. The molecule has 3 aromatic rings. The number of fused-ring (bicyclic) bond motifs is 1. The number of ether oxygens (including phenoxy) is 4. The molecule has 232 valence electrons. The molecule has 3 aliphatic heterocycles. The summed E-state index contributed by atoms with van der Waals surface area (Å²) in [5, 5.41) is 20.7. The molecule has 0 aromatic heterocycles. The van der Waals surface area contributed by atoms with Gasteiger partial charge in [-0.25, -0.2) is 0 Å². The fourth-order valence-electron chi connectivity index (χ4n) is 6.21. The summed E-state index contributed by atoms with van der Waals surface area (Å²) in [6, 6.07) is 25.0. The van der Waals surface area contributed by atoms with E-state index in [-0.39, 0.29) is 18.8 Å². The molecule has 4 unspecified atom stereocenters. The Hall–Kier alpha value is -4.00. The number of aliphatic hydroxyl groups excluding tert-OH is 1. The molecule has 11 heteroatoms. The third-order valence-corrected chi connectivity index (χ3v) is 8.44. The molecule has 1 amide bonds. The molecule has 0 bridgehead atoms. The van der Waals surface area contributed by atoms with Crippen LogP contribution >= 0.6 is 0 Å². The Morgan fingerprint density at radius 2 is 1.73 bits per heavy atom. The molecule has 11 nitrogen and oxygen atoms in total. The molecule has 0 radical (unpaired) electrons. The van der Waals surface area contributed by atoms with Gasteiger partial charge in [-0.3, -0.25) is 20.4 Å². The first-order chi connectivity index (χ1) is 21.5. The van der Waals surface area contributed by atoms with Gasteiger partial charge in [0.2, 0.25) is 0 Å². The molecule has 0 aliphatic carbocycles. The maximum absolute atomic E-state index is 12.7. The van der Waals surface area contributed by atoms with Crippen molar-refractivity contribution in [3.05, 3.63) is 95.6 Å². The number of methoxy groups -OCH3 is 2. The van der Waals surface area contributed by atoms with Crippen molar-refractivity contribution >= 4 is 12.2 Å². The van der Waals surface area contributed by atoms with Gasteiger partial charge in [0.15, 0.2) is 6.04 Å². The highest BCUT2D eigenvalue weighted by Crippen LogP contribution is 2.43. The van der Waals surface area contributed by atoms with Gasteiger partial charge in [0.25, 0.3) is 5.91 Å². The van der Waals surface area contributed by atoms with E-state index in [1.807, 2.05) is 90.7 Å². The van der Waals surface area contributed by atoms with E-state index >= 15 is 0 Å². The van der Waals surface area contributed by atoms with Gasteiger partial charge in [0, 0.05) is 6.42 Å². The number of carbonyl (C=O) groups excluding carboxylic acids is 1. The van der Waals surface area contributed by atoms with Crippen molar-refractivity contribution in [1.82, 2.24) is 20.9 Å². The van der Waals surface area contributed by atoms with Crippen LogP contribution in [0.2, 0.25) is 0 Å². The number of benzene rings is 3. The third-order valence-electron chi connectivity index (χ3n) is 8.44. The summed E-state index contributed by atoms with van der Waals surface area (Å²) in [5.74, 6) is 1.26. The molecular weight excluding hydrogens is 562 g/mol. The minimum Gasteiger partial charge on any atom is -0.497 e. The quantitative estimate of drug-likeness (QED) is 0.245. The van der Waals surface area contributed by atoms with Gasteiger partial charge in [-0.1, -0.05) is 61.5 Å². The Bertz CT molecular complexity index is 1460. The van der Waals surface area contributed by atoms with Crippen molar-refractivity contribution in [1.29, 1.82) is 0 Å². The standard InChI is InChI=1S/C33H39N5O6/c1-4-34-32-36-30-29(31(40)37-32)35-20-38(30)28-18-26(39)27(44-28)19-43-33(21-9-6-5-7-10-21,22-13-15-24(41-2)16-14-22)23-11-8-12-25(17-23)42-3/h5-17,20,26-30,32,34,36,39H,4,18-19H2,1-3H3,(H,37,40)/t26-,27+,28+,29?,30?,32?,33?/m0/s1. The zero-order chi connectivity index (χ0) is 30.7. The van der Waals surface area contributed by atoms with Crippen LogP contribution in [0.3, 0.4) is 0 Å². The number of nitrogens with zero attached hydrogens (tertiary/aromatic N) is 2. The zero-order valence-electron chi connectivity index (χ0n) is 25.1. The van der Waals surface area contributed by atoms with E-state index in [0.717, 1.165) is 22.4 Å². The minimum atomic E-state index is -1.06. The van der Waals surface area contributed by atoms with Crippen LogP contribution in [0.5, 0.6) is 11.5 Å². The highest BCUT2D eigenvalue weighted by molar-refractivity contribution is 5.87. The lowest BCUT2D eigenvalue weighted by atomic mass is 9.80. The summed E-state index contributed by atoms with van der Waals surface area (Å²) in [6.07, 6.45) is -0.754. The SMILES string of the molecule is CCNC1NC(=O)C2N=CN([C@H]3C[C@H](O)[C@@H](COC(c4ccccc4)(c4ccc(OC)cc4)c4cccc(OC)c4)O3)C2N1. The van der Waals surface area contributed by atoms with E-state index in [0.29, 0.717) is 18.7 Å². The Morgan fingerprint density at radius 1 is 1.00 bits per heavy atom. The van der Waals surface area contributed by atoms with Crippen LogP contribution in [0.15, 0.2) is 83.9 Å². The van der Waals surface area contributed by atoms with Gasteiger partial charge < -0.3 is 34.3 Å². The Kier molecular flexibility index (Phi) is 8.83. The number of nitrogens with one attached hydrogen (secondary N) is 3. The number of hydrogen-bond acceptors (Lipinski definition) is 10. The first kappa shape index (κ1) is 30.0. The van der Waals surface area contributed by atoms with Crippen LogP contribution in [0.25, 0.3) is 0 Å². The summed E-state index contributed by atoms with van der Waals surface area (Å²) in [5.41, 5.74) is 1.58. The predicted molar refractivity (Wildman–Crippen MR) is 164 cm³/mol. The van der Waals surface area contributed by atoms with Crippen molar-refractivity contribution in [3.8, 4) is 11.5 Å². The topological polar surface area (TPSA) is 126 Å². The van der Waals surface area contributed by atoms with Crippen molar-refractivity contribution in [2.75, 3.05) is 27.4 Å². The fraction of sp³-hybridized carbons (Fsp3) is 0.394. The normalized spacial score (nSPS) is 27.5. The zero-order valence-corrected chi connectivity index (χ0v) is 25.1. The van der Waals surface area contributed by atoms with Gasteiger partial charge in [0.05, 0.1) is 33.3 Å². The first-order valence-corrected chi connectivity index (χ1v) is 14.9. The number of rotatable bonds is 11. The van der Waals surface area contributed by atoms with Gasteiger partial charge in [-0.15, -0.1) is 0 Å². The summed E-state index contributed by atoms with van der Waals surface area (Å²) >= 11 is 0. The second kappa shape index (κ2) is 12.9. The lowest BCUT2D eigenvalue weighted by Gasteiger charge is -2.39. The first-order valence-electron chi connectivity index (χ1n) is 14.9. The van der Waals surface area contributed by atoms with Crippen molar-refractivity contribution in [2.24, 2.45) is 4.99 Å². The summed E-state index contributed by atoms with van der Waals surface area (Å²) < 4.78 is 24.5. The number of amides is 1. The van der Waals surface area contributed by atoms with Crippen LogP contribution in [-0.4, -0.2) is 86.6 Å². The maximum atomic E-state index is 12.7. The van der Waals surface area contributed by atoms with Gasteiger partial charge in [-0.05, 0) is 47.5 Å². The number of hydrogen-bond donors (Lipinski definition) is 4. The van der Waals surface area contributed by atoms with E-state index in [9.17, 15) is 9.90 Å². The van der Waals surface area contributed by atoms with E-state index in [1.165, 1.54) is 0 Å². The van der Waals surface area contributed by atoms with Crippen molar-refractivity contribution in [3.63, 3.8) is 0 Å². The van der Waals surface area contributed by atoms with Crippen LogP contribution in [-0.2, 0) is 19.9 Å².